The van der Waals surface area contributed by atoms with E-state index in [0.29, 0.717) is 5.95 Å². The Balaban J connectivity index is 2.86. The van der Waals surface area contributed by atoms with Crippen LogP contribution in [0, 0.1) is 0 Å². The summed E-state index contributed by atoms with van der Waals surface area (Å²) in [6, 6.07) is 0.172. The maximum absolute atomic E-state index is 8.85. The Morgan fingerprint density at radius 3 is 2.13 bits per heavy atom. The minimum absolute atomic E-state index is 0.0175. The van der Waals surface area contributed by atoms with E-state index in [0.717, 1.165) is 0 Å². The second kappa shape index (κ2) is 5.30. The summed E-state index contributed by atoms with van der Waals surface area (Å²) >= 11 is 0. The summed E-state index contributed by atoms with van der Waals surface area (Å²) in [6.45, 7) is 1.78. The number of methoxy groups -OCH3 is 2. The Kier molecular flexibility index (Phi) is 4.04. The number of aliphatic hydroxyl groups is 1. The van der Waals surface area contributed by atoms with Crippen molar-refractivity contribution in [2.45, 2.75) is 13.0 Å². The lowest BCUT2D eigenvalue weighted by atomic mass is 10.4. The molecule has 2 N–H and O–H groups in total. The van der Waals surface area contributed by atoms with E-state index in [4.69, 9.17) is 14.6 Å². The molecule has 1 unspecified atom stereocenters. The highest BCUT2D eigenvalue weighted by Gasteiger charge is 2.08. The van der Waals surface area contributed by atoms with Crippen LogP contribution in [0.4, 0.5) is 5.95 Å². The summed E-state index contributed by atoms with van der Waals surface area (Å²) in [4.78, 5) is 11.7. The van der Waals surface area contributed by atoms with Crippen LogP contribution in [0.1, 0.15) is 6.92 Å². The Morgan fingerprint density at radius 1 is 1.20 bits per heavy atom. The summed E-state index contributed by atoms with van der Waals surface area (Å²) in [5, 5.41) is 11.7. The van der Waals surface area contributed by atoms with Gasteiger partial charge in [-0.2, -0.15) is 9.97 Å². The molecule has 0 saturated heterocycles. The third-order valence-corrected chi connectivity index (χ3v) is 1.61. The van der Waals surface area contributed by atoms with Crippen molar-refractivity contribution in [2.75, 3.05) is 26.1 Å². The van der Waals surface area contributed by atoms with Gasteiger partial charge in [0.2, 0.25) is 5.95 Å². The molecule has 0 aliphatic rings. The first kappa shape index (κ1) is 11.4. The third kappa shape index (κ3) is 3.21. The number of anilines is 1. The number of aliphatic hydroxyl groups excluding tert-OH is 1. The van der Waals surface area contributed by atoms with Crippen LogP contribution in [0.5, 0.6) is 12.0 Å². The number of ether oxygens (including phenoxy) is 2. The van der Waals surface area contributed by atoms with E-state index in [1.165, 1.54) is 14.2 Å². The molecule has 0 spiro atoms. The van der Waals surface area contributed by atoms with Crippen LogP contribution in [0.25, 0.3) is 0 Å². The largest absolute Gasteiger partial charge is 0.467 e. The Hall–Kier alpha value is -1.63. The summed E-state index contributed by atoms with van der Waals surface area (Å²) in [5.74, 6) is 0.306. The number of rotatable bonds is 5. The molecule has 15 heavy (non-hydrogen) atoms. The summed E-state index contributed by atoms with van der Waals surface area (Å²) in [5.41, 5.74) is 0. The maximum Gasteiger partial charge on any atom is 0.324 e. The molecule has 1 atom stereocenters. The van der Waals surface area contributed by atoms with Gasteiger partial charge in [-0.3, -0.25) is 0 Å². The van der Waals surface area contributed by atoms with E-state index in [9.17, 15) is 0 Å². The van der Waals surface area contributed by atoms with E-state index in [-0.39, 0.29) is 24.7 Å². The average Bonchev–Trinajstić information content (AvgIpc) is 2.28. The van der Waals surface area contributed by atoms with Crippen molar-refractivity contribution in [1.82, 2.24) is 15.0 Å². The van der Waals surface area contributed by atoms with Gasteiger partial charge >= 0.3 is 12.0 Å². The van der Waals surface area contributed by atoms with E-state index in [2.05, 4.69) is 20.3 Å². The second-order valence-corrected chi connectivity index (χ2v) is 2.86. The number of aromatic nitrogens is 3. The fraction of sp³-hybridized carbons (Fsp3) is 0.625. The van der Waals surface area contributed by atoms with Gasteiger partial charge in [-0.25, -0.2) is 0 Å². The Morgan fingerprint density at radius 2 is 1.73 bits per heavy atom. The predicted octanol–water partition coefficient (Wildman–Crippen LogP) is -0.319. The van der Waals surface area contributed by atoms with Crippen LogP contribution in [-0.2, 0) is 0 Å². The van der Waals surface area contributed by atoms with Gasteiger partial charge in [0.15, 0.2) is 0 Å². The molecule has 1 rings (SSSR count). The predicted molar refractivity (Wildman–Crippen MR) is 53.1 cm³/mol. The minimum atomic E-state index is -0.151. The van der Waals surface area contributed by atoms with Crippen molar-refractivity contribution in [1.29, 1.82) is 0 Å². The highest BCUT2D eigenvalue weighted by molar-refractivity contribution is 5.28. The molecule has 0 saturated carbocycles. The van der Waals surface area contributed by atoms with Crippen molar-refractivity contribution < 1.29 is 14.6 Å². The number of nitrogens with zero attached hydrogens (tertiary/aromatic N) is 3. The zero-order chi connectivity index (χ0) is 11.3. The van der Waals surface area contributed by atoms with Crippen molar-refractivity contribution in [3.63, 3.8) is 0 Å². The lowest BCUT2D eigenvalue weighted by Gasteiger charge is -2.11. The molecule has 0 aromatic carbocycles. The van der Waals surface area contributed by atoms with Gasteiger partial charge in [0, 0.05) is 6.04 Å². The first-order chi connectivity index (χ1) is 7.19. The van der Waals surface area contributed by atoms with Crippen LogP contribution in [0.3, 0.4) is 0 Å². The van der Waals surface area contributed by atoms with E-state index >= 15 is 0 Å². The fourth-order valence-corrected chi connectivity index (χ4v) is 0.851. The van der Waals surface area contributed by atoms with Gasteiger partial charge in [0.25, 0.3) is 0 Å². The smallest absolute Gasteiger partial charge is 0.324 e. The summed E-state index contributed by atoms with van der Waals surface area (Å²) < 4.78 is 9.74. The topological polar surface area (TPSA) is 89.4 Å². The lowest BCUT2D eigenvalue weighted by molar-refractivity contribution is 0.280. The van der Waals surface area contributed by atoms with Gasteiger partial charge in [-0.1, -0.05) is 0 Å². The lowest BCUT2D eigenvalue weighted by Crippen LogP contribution is -2.21. The molecule has 0 amide bonds. The molecule has 0 aliphatic heterocycles. The molecule has 0 aliphatic carbocycles. The van der Waals surface area contributed by atoms with Gasteiger partial charge in [-0.15, -0.1) is 4.98 Å². The molecule has 84 valence electrons. The first-order valence-electron chi connectivity index (χ1n) is 4.41. The first-order valence-corrected chi connectivity index (χ1v) is 4.41. The summed E-state index contributed by atoms with van der Waals surface area (Å²) in [6.07, 6.45) is 0. The van der Waals surface area contributed by atoms with Crippen molar-refractivity contribution in [2.24, 2.45) is 0 Å². The molecule has 0 fully saturated rings. The standard InChI is InChI=1S/C8H14N4O3/c1-5(4-13)9-6-10-7(14-2)12-8(11-6)15-3/h5,13H,4H2,1-3H3,(H,9,10,11,12). The highest BCUT2D eigenvalue weighted by atomic mass is 16.5. The van der Waals surface area contributed by atoms with Gasteiger partial charge < -0.3 is 19.9 Å². The van der Waals surface area contributed by atoms with Crippen LogP contribution < -0.4 is 14.8 Å². The van der Waals surface area contributed by atoms with Crippen molar-refractivity contribution in [3.8, 4) is 12.0 Å². The normalized spacial score (nSPS) is 12.0. The molecular weight excluding hydrogens is 200 g/mol. The molecule has 0 radical (unpaired) electrons. The van der Waals surface area contributed by atoms with Crippen LogP contribution in [0.15, 0.2) is 0 Å². The van der Waals surface area contributed by atoms with Gasteiger partial charge in [0.05, 0.1) is 20.8 Å². The Labute approximate surface area is 87.5 Å². The third-order valence-electron chi connectivity index (χ3n) is 1.61. The van der Waals surface area contributed by atoms with E-state index in [1.807, 2.05) is 0 Å². The molecule has 7 heteroatoms. The minimum Gasteiger partial charge on any atom is -0.467 e. The molecule has 7 nitrogen and oxygen atoms in total. The van der Waals surface area contributed by atoms with Crippen molar-refractivity contribution >= 4 is 5.95 Å². The van der Waals surface area contributed by atoms with Gasteiger partial charge in [0.1, 0.15) is 0 Å². The Bertz CT molecular complexity index is 299. The number of hydrogen-bond acceptors (Lipinski definition) is 7. The summed E-state index contributed by atoms with van der Waals surface area (Å²) in [7, 11) is 2.90. The molecule has 1 aromatic heterocycles. The molecule has 0 bridgehead atoms. The number of nitrogens with one attached hydrogen (secondary N) is 1. The fourth-order valence-electron chi connectivity index (χ4n) is 0.851. The quantitative estimate of drug-likeness (QED) is 0.694. The SMILES string of the molecule is COc1nc(NC(C)CO)nc(OC)n1. The van der Waals surface area contributed by atoms with Crippen LogP contribution >= 0.6 is 0 Å². The molecular formula is C8H14N4O3. The maximum atomic E-state index is 8.85. The monoisotopic (exact) mass is 214 g/mol. The van der Waals surface area contributed by atoms with E-state index in [1.54, 1.807) is 6.92 Å². The van der Waals surface area contributed by atoms with Crippen molar-refractivity contribution in [3.05, 3.63) is 0 Å². The van der Waals surface area contributed by atoms with Crippen LogP contribution in [0.2, 0.25) is 0 Å². The molecule has 1 aromatic rings. The molecule has 1 heterocycles. The zero-order valence-electron chi connectivity index (χ0n) is 8.89. The second-order valence-electron chi connectivity index (χ2n) is 2.86. The van der Waals surface area contributed by atoms with E-state index < -0.39 is 0 Å². The zero-order valence-corrected chi connectivity index (χ0v) is 8.89. The highest BCUT2D eigenvalue weighted by Crippen LogP contribution is 2.12. The average molecular weight is 214 g/mol. The van der Waals surface area contributed by atoms with Gasteiger partial charge in [-0.05, 0) is 6.92 Å². The van der Waals surface area contributed by atoms with Crippen LogP contribution in [-0.4, -0.2) is 46.9 Å². The number of hydrogen-bond donors (Lipinski definition) is 2.